The number of likely N-dealkylation sites (N-methyl/N-ethyl adjacent to an activating group) is 1. The average Bonchev–Trinajstić information content (AvgIpc) is 2.34. The van der Waals surface area contributed by atoms with E-state index < -0.39 is 0 Å². The molecule has 2 N–H and O–H groups in total. The average molecular weight is 257 g/mol. The highest BCUT2D eigenvalue weighted by molar-refractivity contribution is 6.32. The standard InChI is InChI=1S/C12H17ClN2O2/c1-3-15-7-9-5-4-6-10(13)12(9)17-8-11(16)14-2/h4-6,15H,3,7-8H2,1-2H3,(H,14,16). The van der Waals surface area contributed by atoms with E-state index in [1.165, 1.54) is 0 Å². The van der Waals surface area contributed by atoms with Crippen molar-refractivity contribution >= 4 is 17.5 Å². The molecular weight excluding hydrogens is 240 g/mol. The lowest BCUT2D eigenvalue weighted by Gasteiger charge is -2.12. The highest BCUT2D eigenvalue weighted by Crippen LogP contribution is 2.28. The van der Waals surface area contributed by atoms with Crippen molar-refractivity contribution < 1.29 is 9.53 Å². The summed E-state index contributed by atoms with van der Waals surface area (Å²) in [5, 5.41) is 6.21. The van der Waals surface area contributed by atoms with Crippen LogP contribution in [0.1, 0.15) is 12.5 Å². The molecule has 0 unspecified atom stereocenters. The summed E-state index contributed by atoms with van der Waals surface area (Å²) < 4.78 is 5.43. The van der Waals surface area contributed by atoms with Crippen molar-refractivity contribution in [2.45, 2.75) is 13.5 Å². The summed E-state index contributed by atoms with van der Waals surface area (Å²) in [4.78, 5) is 11.1. The summed E-state index contributed by atoms with van der Waals surface area (Å²) in [6, 6.07) is 5.53. The molecule has 17 heavy (non-hydrogen) atoms. The van der Waals surface area contributed by atoms with E-state index in [0.29, 0.717) is 17.3 Å². The third-order valence-electron chi connectivity index (χ3n) is 2.24. The predicted octanol–water partition coefficient (Wildman–Crippen LogP) is 1.57. The molecule has 0 radical (unpaired) electrons. The van der Waals surface area contributed by atoms with E-state index in [-0.39, 0.29) is 12.5 Å². The molecule has 1 rings (SSSR count). The second-order valence-corrected chi connectivity index (χ2v) is 3.88. The Labute approximate surface area is 106 Å². The van der Waals surface area contributed by atoms with Gasteiger partial charge in [-0.15, -0.1) is 0 Å². The smallest absolute Gasteiger partial charge is 0.257 e. The molecule has 0 aliphatic rings. The van der Waals surface area contributed by atoms with Crippen LogP contribution in [0.4, 0.5) is 0 Å². The van der Waals surface area contributed by atoms with E-state index in [2.05, 4.69) is 10.6 Å². The first-order valence-electron chi connectivity index (χ1n) is 5.50. The quantitative estimate of drug-likeness (QED) is 0.813. The van der Waals surface area contributed by atoms with Crippen LogP contribution in [0.2, 0.25) is 5.02 Å². The van der Waals surface area contributed by atoms with Gasteiger partial charge < -0.3 is 15.4 Å². The van der Waals surface area contributed by atoms with Crippen LogP contribution in [0.25, 0.3) is 0 Å². The van der Waals surface area contributed by atoms with Gasteiger partial charge in [0, 0.05) is 19.2 Å². The van der Waals surface area contributed by atoms with Crippen LogP contribution >= 0.6 is 11.6 Å². The van der Waals surface area contributed by atoms with Crippen molar-refractivity contribution in [3.8, 4) is 5.75 Å². The first-order valence-corrected chi connectivity index (χ1v) is 5.88. The molecule has 0 atom stereocenters. The number of rotatable bonds is 6. The molecule has 0 heterocycles. The van der Waals surface area contributed by atoms with Crippen LogP contribution in [0.3, 0.4) is 0 Å². The molecule has 4 nitrogen and oxygen atoms in total. The molecule has 1 amide bonds. The van der Waals surface area contributed by atoms with Crippen LogP contribution in [0.15, 0.2) is 18.2 Å². The van der Waals surface area contributed by atoms with E-state index in [1.54, 1.807) is 13.1 Å². The topological polar surface area (TPSA) is 50.4 Å². The van der Waals surface area contributed by atoms with E-state index in [1.807, 2.05) is 19.1 Å². The molecule has 0 fully saturated rings. The van der Waals surface area contributed by atoms with Gasteiger partial charge in [-0.05, 0) is 12.6 Å². The Hall–Kier alpha value is -1.26. The molecule has 0 aliphatic carbocycles. The number of ether oxygens (including phenoxy) is 1. The number of amides is 1. The summed E-state index contributed by atoms with van der Waals surface area (Å²) in [6.07, 6.45) is 0. The van der Waals surface area contributed by atoms with Crippen LogP contribution in [-0.4, -0.2) is 26.1 Å². The van der Waals surface area contributed by atoms with Gasteiger partial charge in [0.1, 0.15) is 5.75 Å². The van der Waals surface area contributed by atoms with E-state index >= 15 is 0 Å². The number of carbonyl (C=O) groups excluding carboxylic acids is 1. The minimum atomic E-state index is -0.181. The number of para-hydroxylation sites is 1. The third-order valence-corrected chi connectivity index (χ3v) is 2.54. The van der Waals surface area contributed by atoms with Gasteiger partial charge in [0.25, 0.3) is 5.91 Å². The third kappa shape index (κ3) is 4.24. The fourth-order valence-corrected chi connectivity index (χ4v) is 1.57. The van der Waals surface area contributed by atoms with Crippen LogP contribution in [0, 0.1) is 0 Å². The van der Waals surface area contributed by atoms with Gasteiger partial charge in [0.15, 0.2) is 6.61 Å². The van der Waals surface area contributed by atoms with Gasteiger partial charge in [0.05, 0.1) is 5.02 Å². The van der Waals surface area contributed by atoms with Crippen molar-refractivity contribution in [2.24, 2.45) is 0 Å². The van der Waals surface area contributed by atoms with Crippen molar-refractivity contribution in [2.75, 3.05) is 20.2 Å². The maximum atomic E-state index is 11.1. The fourth-order valence-electron chi connectivity index (χ4n) is 1.32. The Balaban J connectivity index is 2.76. The predicted molar refractivity (Wildman–Crippen MR) is 68.4 cm³/mol. The molecule has 94 valence electrons. The monoisotopic (exact) mass is 256 g/mol. The summed E-state index contributed by atoms with van der Waals surface area (Å²) in [7, 11) is 1.57. The van der Waals surface area contributed by atoms with E-state index in [0.717, 1.165) is 12.1 Å². The number of benzene rings is 1. The second kappa shape index (κ2) is 7.14. The van der Waals surface area contributed by atoms with Crippen LogP contribution in [-0.2, 0) is 11.3 Å². The van der Waals surface area contributed by atoms with Crippen molar-refractivity contribution in [3.63, 3.8) is 0 Å². The van der Waals surface area contributed by atoms with Gasteiger partial charge in [-0.2, -0.15) is 0 Å². The van der Waals surface area contributed by atoms with Crippen molar-refractivity contribution in [1.82, 2.24) is 10.6 Å². The second-order valence-electron chi connectivity index (χ2n) is 3.47. The maximum Gasteiger partial charge on any atom is 0.257 e. The zero-order chi connectivity index (χ0) is 12.7. The summed E-state index contributed by atoms with van der Waals surface area (Å²) in [5.74, 6) is 0.387. The molecule has 1 aromatic rings. The molecular formula is C12H17ClN2O2. The number of hydrogen-bond acceptors (Lipinski definition) is 3. The van der Waals surface area contributed by atoms with E-state index in [4.69, 9.17) is 16.3 Å². The number of carbonyl (C=O) groups is 1. The van der Waals surface area contributed by atoms with Crippen molar-refractivity contribution in [1.29, 1.82) is 0 Å². The Morgan fingerprint density at radius 3 is 2.88 bits per heavy atom. The summed E-state index contributed by atoms with van der Waals surface area (Å²) in [6.45, 7) is 3.52. The lowest BCUT2D eigenvalue weighted by Crippen LogP contribution is -2.25. The lowest BCUT2D eigenvalue weighted by molar-refractivity contribution is -0.122. The summed E-state index contributed by atoms with van der Waals surface area (Å²) in [5.41, 5.74) is 0.947. The highest BCUT2D eigenvalue weighted by Gasteiger charge is 2.09. The Morgan fingerprint density at radius 2 is 2.24 bits per heavy atom. The molecule has 0 aliphatic heterocycles. The summed E-state index contributed by atoms with van der Waals surface area (Å²) >= 11 is 6.05. The molecule has 0 saturated carbocycles. The zero-order valence-corrected chi connectivity index (χ0v) is 10.8. The van der Waals surface area contributed by atoms with Gasteiger partial charge in [-0.25, -0.2) is 0 Å². The molecule has 0 bridgehead atoms. The van der Waals surface area contributed by atoms with Gasteiger partial charge in [0.2, 0.25) is 0 Å². The largest absolute Gasteiger partial charge is 0.482 e. The minimum Gasteiger partial charge on any atom is -0.482 e. The van der Waals surface area contributed by atoms with Gasteiger partial charge in [-0.3, -0.25) is 4.79 Å². The van der Waals surface area contributed by atoms with Crippen LogP contribution < -0.4 is 15.4 Å². The molecule has 1 aromatic carbocycles. The SMILES string of the molecule is CCNCc1cccc(Cl)c1OCC(=O)NC. The number of hydrogen-bond donors (Lipinski definition) is 2. The Bertz CT molecular complexity index is 383. The van der Waals surface area contributed by atoms with Gasteiger partial charge in [-0.1, -0.05) is 30.7 Å². The molecule has 0 aromatic heterocycles. The Kier molecular flexibility index (Phi) is 5.80. The van der Waals surface area contributed by atoms with Crippen molar-refractivity contribution in [3.05, 3.63) is 28.8 Å². The molecule has 0 spiro atoms. The van der Waals surface area contributed by atoms with Gasteiger partial charge >= 0.3 is 0 Å². The normalized spacial score (nSPS) is 10.1. The van der Waals surface area contributed by atoms with Crippen LogP contribution in [0.5, 0.6) is 5.75 Å². The lowest BCUT2D eigenvalue weighted by atomic mass is 10.2. The first kappa shape index (κ1) is 13.8. The number of nitrogens with one attached hydrogen (secondary N) is 2. The fraction of sp³-hybridized carbons (Fsp3) is 0.417. The Morgan fingerprint density at radius 1 is 1.47 bits per heavy atom. The highest BCUT2D eigenvalue weighted by atomic mass is 35.5. The first-order chi connectivity index (χ1) is 8.19. The molecule has 0 saturated heterocycles. The molecule has 5 heteroatoms. The maximum absolute atomic E-state index is 11.1. The number of halogens is 1. The van der Waals surface area contributed by atoms with E-state index in [9.17, 15) is 4.79 Å². The minimum absolute atomic E-state index is 0.0284. The zero-order valence-electron chi connectivity index (χ0n) is 10.0.